The van der Waals surface area contributed by atoms with Crippen molar-refractivity contribution in [3.05, 3.63) is 59.3 Å². The van der Waals surface area contributed by atoms with E-state index in [4.69, 9.17) is 4.74 Å². The molecule has 0 spiro atoms. The molecule has 4 rings (SSSR count). The summed E-state index contributed by atoms with van der Waals surface area (Å²) < 4.78 is 5.23. The molecule has 0 bridgehead atoms. The summed E-state index contributed by atoms with van der Waals surface area (Å²) in [6, 6.07) is 12.4. The van der Waals surface area contributed by atoms with Gasteiger partial charge in [-0.05, 0) is 67.3 Å². The number of hydrogen-bond donors (Lipinski definition) is 3. The van der Waals surface area contributed by atoms with E-state index < -0.39 is 0 Å². The smallest absolute Gasteiger partial charge is 0.227 e. The van der Waals surface area contributed by atoms with Crippen LogP contribution in [0.1, 0.15) is 35.4 Å². The van der Waals surface area contributed by atoms with Crippen molar-refractivity contribution in [3.63, 3.8) is 0 Å². The zero-order valence-electron chi connectivity index (χ0n) is 19.9. The van der Waals surface area contributed by atoms with Gasteiger partial charge in [-0.25, -0.2) is 9.97 Å². The number of carbonyl (C=O) groups is 1. The third kappa shape index (κ3) is 5.78. The number of anilines is 5. The number of nitrogens with one attached hydrogen (secondary N) is 3. The van der Waals surface area contributed by atoms with Crippen molar-refractivity contribution in [1.29, 1.82) is 0 Å². The van der Waals surface area contributed by atoms with E-state index in [1.54, 1.807) is 32.1 Å². The Labute approximate surface area is 204 Å². The van der Waals surface area contributed by atoms with E-state index in [1.165, 1.54) is 28.3 Å². The van der Waals surface area contributed by atoms with Gasteiger partial charge in [0.05, 0.1) is 12.3 Å². The minimum absolute atomic E-state index is 0.497. The van der Waals surface area contributed by atoms with E-state index in [2.05, 4.69) is 50.5 Å². The number of rotatable bonds is 11. The molecule has 178 valence electrons. The number of hydrazine groups is 1. The molecule has 8 nitrogen and oxygen atoms in total. The molecule has 1 aliphatic rings. The minimum Gasteiger partial charge on any atom is -0.380 e. The predicted octanol–water partition coefficient (Wildman–Crippen LogP) is 5.43. The van der Waals surface area contributed by atoms with Crippen LogP contribution >= 0.6 is 11.8 Å². The number of aromatic nitrogens is 2. The number of carbonyl (C=O) groups excluding carboxylic acids is 1. The maximum absolute atomic E-state index is 11.2. The number of methoxy groups -OCH3 is 1. The highest BCUT2D eigenvalue weighted by atomic mass is 32.2. The van der Waals surface area contributed by atoms with Crippen molar-refractivity contribution in [2.45, 2.75) is 37.2 Å². The van der Waals surface area contributed by atoms with Crippen molar-refractivity contribution in [2.75, 3.05) is 36.5 Å². The molecule has 2 aromatic heterocycles. The van der Waals surface area contributed by atoms with Gasteiger partial charge in [0.2, 0.25) is 6.41 Å². The third-order valence-corrected chi connectivity index (χ3v) is 6.43. The van der Waals surface area contributed by atoms with Gasteiger partial charge < -0.3 is 15.4 Å². The quantitative estimate of drug-likeness (QED) is 0.191. The van der Waals surface area contributed by atoms with Gasteiger partial charge in [-0.2, -0.15) is 0 Å². The molecule has 3 aromatic rings. The van der Waals surface area contributed by atoms with Gasteiger partial charge in [-0.3, -0.25) is 15.2 Å². The SMILES string of the molecule is COCc1ccnc(Nc2cc(Nc3ccc(C4CC4)cc3SC)c(C)c(NN(C)C=O)n2)c1. The maximum Gasteiger partial charge on any atom is 0.227 e. The highest BCUT2D eigenvalue weighted by Gasteiger charge is 2.24. The fourth-order valence-corrected chi connectivity index (χ4v) is 4.26. The number of thioether (sulfide) groups is 1. The van der Waals surface area contributed by atoms with E-state index in [-0.39, 0.29) is 0 Å². The van der Waals surface area contributed by atoms with Crippen LogP contribution in [0, 0.1) is 6.92 Å². The summed E-state index contributed by atoms with van der Waals surface area (Å²) in [6.07, 6.45) is 7.08. The van der Waals surface area contributed by atoms with Gasteiger partial charge in [-0.15, -0.1) is 11.8 Å². The lowest BCUT2D eigenvalue weighted by Crippen LogP contribution is -2.24. The molecule has 3 N–H and O–H groups in total. The molecule has 0 saturated heterocycles. The Morgan fingerprint density at radius 3 is 2.68 bits per heavy atom. The van der Waals surface area contributed by atoms with Crippen molar-refractivity contribution in [1.82, 2.24) is 15.0 Å². The molecule has 34 heavy (non-hydrogen) atoms. The molecule has 1 amide bonds. The highest BCUT2D eigenvalue weighted by molar-refractivity contribution is 7.98. The van der Waals surface area contributed by atoms with E-state index >= 15 is 0 Å². The van der Waals surface area contributed by atoms with Crippen molar-refractivity contribution in [2.24, 2.45) is 0 Å². The molecule has 0 atom stereocenters. The van der Waals surface area contributed by atoms with Crippen LogP contribution in [0.3, 0.4) is 0 Å². The fourth-order valence-electron chi connectivity index (χ4n) is 3.66. The zero-order chi connectivity index (χ0) is 24.1. The van der Waals surface area contributed by atoms with Crippen molar-refractivity contribution in [3.8, 4) is 0 Å². The van der Waals surface area contributed by atoms with Crippen LogP contribution in [-0.2, 0) is 16.1 Å². The maximum atomic E-state index is 11.2. The van der Waals surface area contributed by atoms with E-state index in [9.17, 15) is 4.79 Å². The van der Waals surface area contributed by atoms with E-state index in [0.29, 0.717) is 36.4 Å². The number of hydrogen-bond acceptors (Lipinski definition) is 8. The number of benzene rings is 1. The number of ether oxygens (including phenoxy) is 1. The molecule has 9 heteroatoms. The lowest BCUT2D eigenvalue weighted by molar-refractivity contribution is -0.115. The highest BCUT2D eigenvalue weighted by Crippen LogP contribution is 2.43. The molecule has 1 aliphatic carbocycles. The van der Waals surface area contributed by atoms with Crippen LogP contribution in [0.25, 0.3) is 0 Å². The predicted molar refractivity (Wildman–Crippen MR) is 138 cm³/mol. The Morgan fingerprint density at radius 2 is 1.97 bits per heavy atom. The Kier molecular flexibility index (Phi) is 7.54. The van der Waals surface area contributed by atoms with Gasteiger partial charge >= 0.3 is 0 Å². The standard InChI is InChI=1S/C25H30N6O2S/c1-16-21(27-20-8-7-19(18-5-6-18)12-22(20)34-4)13-24(29-25(16)30-31(2)15-32)28-23-11-17(14-33-3)9-10-26-23/h7-13,15,18H,5-6,14H2,1-4H3,(H3,26,27,28,29,30). The van der Waals surface area contributed by atoms with Crippen LogP contribution in [0.5, 0.6) is 0 Å². The van der Waals surface area contributed by atoms with Crippen molar-refractivity contribution < 1.29 is 9.53 Å². The van der Waals surface area contributed by atoms with Gasteiger partial charge in [-0.1, -0.05) is 6.07 Å². The first-order valence-corrected chi connectivity index (χ1v) is 12.4. The van der Waals surface area contributed by atoms with Gasteiger partial charge in [0.25, 0.3) is 0 Å². The summed E-state index contributed by atoms with van der Waals surface area (Å²) in [7, 11) is 3.30. The fraction of sp³-hybridized carbons (Fsp3) is 0.320. The first kappa shape index (κ1) is 23.8. The number of amides is 1. The second-order valence-electron chi connectivity index (χ2n) is 8.32. The third-order valence-electron chi connectivity index (χ3n) is 5.65. The molecule has 1 aromatic carbocycles. The average molecular weight is 479 g/mol. The number of nitrogens with zero attached hydrogens (tertiary/aromatic N) is 3. The largest absolute Gasteiger partial charge is 0.380 e. The first-order chi connectivity index (χ1) is 16.5. The second-order valence-corrected chi connectivity index (χ2v) is 9.17. The average Bonchev–Trinajstić information content (AvgIpc) is 3.68. The summed E-state index contributed by atoms with van der Waals surface area (Å²) in [5.74, 6) is 2.52. The summed E-state index contributed by atoms with van der Waals surface area (Å²) in [5, 5.41) is 8.19. The van der Waals surface area contributed by atoms with Gasteiger partial charge in [0.15, 0.2) is 5.82 Å². The van der Waals surface area contributed by atoms with Crippen LogP contribution in [0.15, 0.2) is 47.5 Å². The molecule has 2 heterocycles. The molecule has 0 aliphatic heterocycles. The molecule has 1 fully saturated rings. The van der Waals surface area contributed by atoms with Gasteiger partial charge in [0.1, 0.15) is 11.6 Å². The topological polar surface area (TPSA) is 91.4 Å². The second kappa shape index (κ2) is 10.8. The molecular formula is C25H30N6O2S. The molecule has 0 unspecified atom stereocenters. The number of pyridine rings is 2. The molecular weight excluding hydrogens is 448 g/mol. The summed E-state index contributed by atoms with van der Waals surface area (Å²) in [4.78, 5) is 21.5. The lowest BCUT2D eigenvalue weighted by atomic mass is 10.1. The van der Waals surface area contributed by atoms with Crippen LogP contribution in [-0.4, -0.2) is 41.8 Å². The van der Waals surface area contributed by atoms with Gasteiger partial charge in [0, 0.05) is 42.6 Å². The Balaban J connectivity index is 1.67. The minimum atomic E-state index is 0.497. The molecule has 1 saturated carbocycles. The first-order valence-electron chi connectivity index (χ1n) is 11.1. The Morgan fingerprint density at radius 1 is 1.15 bits per heavy atom. The molecule has 0 radical (unpaired) electrons. The summed E-state index contributed by atoms with van der Waals surface area (Å²) in [6.45, 7) is 2.46. The van der Waals surface area contributed by atoms with E-state index in [0.717, 1.165) is 22.5 Å². The zero-order valence-corrected chi connectivity index (χ0v) is 20.7. The van der Waals surface area contributed by atoms with Crippen molar-refractivity contribution >= 4 is 47.0 Å². The Bertz CT molecular complexity index is 1170. The van der Waals surface area contributed by atoms with Crippen LogP contribution < -0.4 is 16.1 Å². The Hall–Kier alpha value is -3.30. The lowest BCUT2D eigenvalue weighted by Gasteiger charge is -2.20. The van der Waals surface area contributed by atoms with E-state index in [1.807, 2.05) is 25.1 Å². The summed E-state index contributed by atoms with van der Waals surface area (Å²) in [5.41, 5.74) is 8.24. The summed E-state index contributed by atoms with van der Waals surface area (Å²) >= 11 is 1.73. The normalized spacial score (nSPS) is 12.8. The van der Waals surface area contributed by atoms with Crippen LogP contribution in [0.4, 0.5) is 28.8 Å². The van der Waals surface area contributed by atoms with Crippen LogP contribution in [0.2, 0.25) is 0 Å². The monoisotopic (exact) mass is 478 g/mol.